The molecule has 2 aromatic rings. The van der Waals surface area contributed by atoms with Gasteiger partial charge in [-0.2, -0.15) is 13.9 Å². The van der Waals surface area contributed by atoms with Gasteiger partial charge in [0.1, 0.15) is 10.7 Å². The van der Waals surface area contributed by atoms with Crippen LogP contribution in [-0.4, -0.2) is 16.4 Å². The number of aromatic nitrogens is 2. The Morgan fingerprint density at radius 1 is 1.32 bits per heavy atom. The molecule has 8 heteroatoms. The summed E-state index contributed by atoms with van der Waals surface area (Å²) in [5.41, 5.74) is 0.769. The van der Waals surface area contributed by atoms with Crippen molar-refractivity contribution in [3.8, 4) is 28.6 Å². The van der Waals surface area contributed by atoms with Crippen LogP contribution in [0.2, 0.25) is 10.0 Å². The van der Waals surface area contributed by atoms with Crippen molar-refractivity contribution in [1.29, 1.82) is 0 Å². The van der Waals surface area contributed by atoms with Crippen LogP contribution in [0.25, 0.3) is 11.3 Å². The summed E-state index contributed by atoms with van der Waals surface area (Å²) in [6.45, 7) is -2.98. The first-order valence-corrected chi connectivity index (χ1v) is 5.92. The lowest BCUT2D eigenvalue weighted by molar-refractivity contribution is -0.0552. The normalized spacial score (nSPS) is 12.3. The second-order valence-electron chi connectivity index (χ2n) is 3.85. The Bertz CT molecular complexity index is 673. The van der Waals surface area contributed by atoms with Gasteiger partial charge in [-0.1, -0.05) is 23.2 Å². The predicted octanol–water partition coefficient (Wildman–Crippen LogP) is 4.10. The van der Waals surface area contributed by atoms with Crippen LogP contribution in [0.3, 0.4) is 0 Å². The highest BCUT2D eigenvalue weighted by Gasteiger charge is 2.27. The molecule has 1 aromatic heterocycles. The molecule has 19 heavy (non-hydrogen) atoms. The highest BCUT2D eigenvalue weighted by molar-refractivity contribution is 6.37. The molecule has 1 aromatic carbocycles. The molecule has 0 bridgehead atoms. The van der Waals surface area contributed by atoms with Crippen molar-refractivity contribution in [2.24, 2.45) is 7.05 Å². The molecule has 3 rings (SSSR count). The molecular formula is C11H6Cl2F2N2O2. The van der Waals surface area contributed by atoms with Crippen molar-refractivity contribution in [3.63, 3.8) is 0 Å². The molecule has 0 unspecified atom stereocenters. The largest absolute Gasteiger partial charge is 0.449 e. The van der Waals surface area contributed by atoms with E-state index in [1.807, 2.05) is 0 Å². The second kappa shape index (κ2) is 4.25. The molecule has 0 aliphatic carbocycles. The fourth-order valence-electron chi connectivity index (χ4n) is 1.74. The number of fused-ring (bicyclic) bond motifs is 1. The van der Waals surface area contributed by atoms with Crippen LogP contribution in [0.1, 0.15) is 0 Å². The Balaban J connectivity index is 2.09. The van der Waals surface area contributed by atoms with E-state index in [0.717, 1.165) is 4.68 Å². The van der Waals surface area contributed by atoms with Gasteiger partial charge in [-0.3, -0.25) is 0 Å². The first kappa shape index (κ1) is 12.5. The molecule has 1 aliphatic heterocycles. The zero-order chi connectivity index (χ0) is 13.7. The van der Waals surface area contributed by atoms with E-state index in [9.17, 15) is 8.78 Å². The maximum Gasteiger partial charge on any atom is 0.388 e. The minimum Gasteiger partial charge on any atom is -0.449 e. The lowest BCUT2D eigenvalue weighted by atomic mass is 10.1. The van der Waals surface area contributed by atoms with Crippen molar-refractivity contribution in [2.45, 2.75) is 6.61 Å². The van der Waals surface area contributed by atoms with E-state index in [2.05, 4.69) is 9.84 Å². The topological polar surface area (TPSA) is 39.6 Å². The number of halogens is 4. The van der Waals surface area contributed by atoms with Gasteiger partial charge in [-0.25, -0.2) is 4.68 Å². The van der Waals surface area contributed by atoms with E-state index in [1.54, 1.807) is 12.1 Å². The van der Waals surface area contributed by atoms with E-state index in [4.69, 9.17) is 27.9 Å². The monoisotopic (exact) mass is 306 g/mol. The first-order chi connectivity index (χ1) is 8.97. The molecule has 1 aliphatic rings. The van der Waals surface area contributed by atoms with Gasteiger partial charge in [0.25, 0.3) is 0 Å². The van der Waals surface area contributed by atoms with Crippen molar-refractivity contribution in [2.75, 3.05) is 0 Å². The molecule has 0 radical (unpaired) electrons. The third-order valence-corrected chi connectivity index (χ3v) is 3.26. The number of aryl methyl sites for hydroxylation is 1. The summed E-state index contributed by atoms with van der Waals surface area (Å²) in [6, 6.07) is 3.27. The summed E-state index contributed by atoms with van der Waals surface area (Å²) in [5, 5.41) is 4.40. The van der Waals surface area contributed by atoms with Crippen molar-refractivity contribution in [1.82, 2.24) is 9.78 Å². The Kier molecular flexibility index (Phi) is 2.79. The van der Waals surface area contributed by atoms with Crippen LogP contribution in [0.15, 0.2) is 12.1 Å². The molecule has 0 N–H and O–H groups in total. The van der Waals surface area contributed by atoms with E-state index < -0.39 is 6.61 Å². The van der Waals surface area contributed by atoms with Crippen LogP contribution >= 0.6 is 23.2 Å². The first-order valence-electron chi connectivity index (χ1n) is 5.16. The zero-order valence-corrected chi connectivity index (χ0v) is 11.0. The van der Waals surface area contributed by atoms with E-state index in [-0.39, 0.29) is 16.6 Å². The quantitative estimate of drug-likeness (QED) is 0.684. The summed E-state index contributed by atoms with van der Waals surface area (Å²) in [7, 11) is 1.45. The Morgan fingerprint density at radius 2 is 2.00 bits per heavy atom. The molecule has 0 saturated carbocycles. The highest BCUT2D eigenvalue weighted by atomic mass is 35.5. The molecule has 0 amide bonds. The molecule has 100 valence electrons. The van der Waals surface area contributed by atoms with Gasteiger partial charge in [0.15, 0.2) is 11.5 Å². The van der Waals surface area contributed by atoms with Crippen LogP contribution in [0.4, 0.5) is 8.78 Å². The summed E-state index contributed by atoms with van der Waals surface area (Å²) in [6.07, 6.45) is 0. The summed E-state index contributed by atoms with van der Waals surface area (Å²) in [4.78, 5) is 0. The lowest BCUT2D eigenvalue weighted by Crippen LogP contribution is -2.06. The van der Waals surface area contributed by atoms with Gasteiger partial charge in [-0.05, 0) is 6.07 Å². The Labute approximate surface area is 116 Å². The van der Waals surface area contributed by atoms with E-state index in [0.29, 0.717) is 22.1 Å². The highest BCUT2D eigenvalue weighted by Crippen LogP contribution is 2.51. The Morgan fingerprint density at radius 3 is 2.68 bits per heavy atom. The molecule has 0 fully saturated rings. The van der Waals surface area contributed by atoms with Crippen molar-refractivity contribution < 1.29 is 18.3 Å². The number of hydrogen-bond donors (Lipinski definition) is 0. The van der Waals surface area contributed by atoms with Crippen LogP contribution < -0.4 is 9.47 Å². The molecule has 2 heterocycles. The van der Waals surface area contributed by atoms with E-state index >= 15 is 0 Å². The summed E-state index contributed by atoms with van der Waals surface area (Å²) in [5.74, 6) is 1.14. The lowest BCUT2D eigenvalue weighted by Gasteiger charge is -2.03. The minimum absolute atomic E-state index is 0.0229. The summed E-state index contributed by atoms with van der Waals surface area (Å²) < 4.78 is 35.1. The number of ether oxygens (including phenoxy) is 2. The standard InChI is InChI=1S/C11H6Cl2F2N2O2/c1-17-10(19-11(14)15)8(13)9(16-17)4-2-6-7(18-6)3-5(4)12/h2-3,11H,1H3. The smallest absolute Gasteiger partial charge is 0.388 e. The molecule has 4 nitrogen and oxygen atoms in total. The van der Waals surface area contributed by atoms with Gasteiger partial charge < -0.3 is 9.47 Å². The number of benzene rings is 1. The average Bonchev–Trinajstić information content (AvgIpc) is 3.03. The van der Waals surface area contributed by atoms with Crippen LogP contribution in [-0.2, 0) is 7.05 Å². The van der Waals surface area contributed by atoms with Gasteiger partial charge in [-0.15, -0.1) is 0 Å². The summed E-state index contributed by atoms with van der Waals surface area (Å²) >= 11 is 12.1. The number of nitrogens with zero attached hydrogens (tertiary/aromatic N) is 2. The second-order valence-corrected chi connectivity index (χ2v) is 4.64. The van der Waals surface area contributed by atoms with Gasteiger partial charge in [0.05, 0.1) is 5.02 Å². The number of rotatable bonds is 3. The molecule has 0 atom stereocenters. The molecule has 0 saturated heterocycles. The number of alkyl halides is 2. The zero-order valence-electron chi connectivity index (χ0n) is 9.45. The Hall–Kier alpha value is -1.53. The van der Waals surface area contributed by atoms with Crippen LogP contribution in [0, 0.1) is 0 Å². The minimum atomic E-state index is -2.98. The molecular weight excluding hydrogens is 301 g/mol. The molecule has 0 spiro atoms. The van der Waals surface area contributed by atoms with Crippen LogP contribution in [0.5, 0.6) is 17.4 Å². The number of hydrogen-bond acceptors (Lipinski definition) is 3. The average molecular weight is 307 g/mol. The van der Waals surface area contributed by atoms with Gasteiger partial charge in [0.2, 0.25) is 5.88 Å². The third kappa shape index (κ3) is 2.11. The maximum absolute atomic E-state index is 12.3. The van der Waals surface area contributed by atoms with E-state index in [1.165, 1.54) is 7.05 Å². The fraction of sp³-hybridized carbons (Fsp3) is 0.182. The van der Waals surface area contributed by atoms with Gasteiger partial charge >= 0.3 is 6.61 Å². The SMILES string of the molecule is Cn1nc(-c2cc3c(cc2Cl)O3)c(Cl)c1OC(F)F. The fourth-order valence-corrected chi connectivity index (χ4v) is 2.29. The third-order valence-electron chi connectivity index (χ3n) is 2.61. The maximum atomic E-state index is 12.3. The predicted molar refractivity (Wildman–Crippen MR) is 65.4 cm³/mol. The van der Waals surface area contributed by atoms with Crippen molar-refractivity contribution >= 4 is 23.2 Å². The van der Waals surface area contributed by atoms with Crippen molar-refractivity contribution in [3.05, 3.63) is 22.2 Å². The van der Waals surface area contributed by atoms with Gasteiger partial charge in [0, 0.05) is 18.7 Å².